The zero-order valence-corrected chi connectivity index (χ0v) is 16.7. The van der Waals surface area contributed by atoms with Gasteiger partial charge in [0.25, 0.3) is 0 Å². The van der Waals surface area contributed by atoms with Crippen LogP contribution < -0.4 is 20.3 Å². The van der Waals surface area contributed by atoms with Crippen molar-refractivity contribution in [3.8, 4) is 17.7 Å². The van der Waals surface area contributed by atoms with Crippen LogP contribution in [0.1, 0.15) is 42.0 Å². The van der Waals surface area contributed by atoms with Gasteiger partial charge in [-0.3, -0.25) is 0 Å². The van der Waals surface area contributed by atoms with Crippen molar-refractivity contribution in [1.82, 2.24) is 4.98 Å². The first-order valence-electron chi connectivity index (χ1n) is 9.14. The highest BCUT2D eigenvalue weighted by atomic mass is 16.5. The lowest BCUT2D eigenvalue weighted by Gasteiger charge is -2.32. The summed E-state index contributed by atoms with van der Waals surface area (Å²) in [6.45, 7) is 5.89. The number of primary amides is 1. The lowest BCUT2D eigenvalue weighted by molar-refractivity contribution is -0.496. The van der Waals surface area contributed by atoms with E-state index < -0.39 is 11.8 Å². The van der Waals surface area contributed by atoms with E-state index in [1.165, 1.54) is 7.11 Å². The van der Waals surface area contributed by atoms with Crippen LogP contribution in [0.15, 0.2) is 35.7 Å². The molecule has 0 radical (unpaired) electrons. The van der Waals surface area contributed by atoms with E-state index >= 15 is 0 Å². The molecule has 1 aromatic carbocycles. The molecular formula is C21H22N4O4. The van der Waals surface area contributed by atoms with Gasteiger partial charge in [0.1, 0.15) is 5.75 Å². The minimum atomic E-state index is -0.638. The number of aryl methyl sites for hydroxylation is 1. The van der Waals surface area contributed by atoms with Gasteiger partial charge in [0, 0.05) is 17.5 Å². The number of ether oxygens (including phenoxy) is 2. The smallest absolute Gasteiger partial charge is 0.341 e. The van der Waals surface area contributed by atoms with Crippen molar-refractivity contribution in [2.45, 2.75) is 26.7 Å². The number of nitrogens with zero attached hydrogens (tertiary/aromatic N) is 2. The number of fused-ring (bicyclic) bond motifs is 1. The third kappa shape index (κ3) is 3.53. The van der Waals surface area contributed by atoms with E-state index in [0.29, 0.717) is 51.7 Å². The Labute approximate surface area is 168 Å². The van der Waals surface area contributed by atoms with Crippen LogP contribution >= 0.6 is 0 Å². The lowest BCUT2D eigenvalue weighted by atomic mass is 9.79. The predicted octanol–water partition coefficient (Wildman–Crippen LogP) is 2.09. The minimum absolute atomic E-state index is 0.295. The van der Waals surface area contributed by atoms with Crippen molar-refractivity contribution in [2.24, 2.45) is 0 Å². The summed E-state index contributed by atoms with van der Waals surface area (Å²) in [5.74, 6) is -0.461. The van der Waals surface area contributed by atoms with E-state index in [0.717, 1.165) is 11.3 Å². The average Bonchev–Trinajstić information content (AvgIpc) is 2.74. The number of amides is 1. The average molecular weight is 394 g/mol. The largest absolute Gasteiger partial charge is 0.628 e. The molecular weight excluding hydrogens is 372 g/mol. The first-order valence-corrected chi connectivity index (χ1v) is 9.14. The molecule has 0 aliphatic carbocycles. The van der Waals surface area contributed by atoms with Crippen molar-refractivity contribution in [2.75, 3.05) is 19.0 Å². The third-order valence-electron chi connectivity index (χ3n) is 4.89. The number of pyridine rings is 1. The first-order chi connectivity index (χ1) is 14.0. The molecule has 1 aliphatic heterocycles. The highest BCUT2D eigenvalue weighted by Crippen LogP contribution is 2.48. The maximum absolute atomic E-state index is 12.6. The van der Waals surface area contributed by atoms with Crippen LogP contribution in [0.3, 0.4) is 0 Å². The van der Waals surface area contributed by atoms with Crippen molar-refractivity contribution in [3.63, 3.8) is 0 Å². The molecule has 3 rings (SSSR count). The highest BCUT2D eigenvalue weighted by molar-refractivity contribution is 5.93. The Morgan fingerprint density at radius 2 is 2.17 bits per heavy atom. The molecule has 0 bridgehead atoms. The number of hydrogen-bond acceptors (Lipinski definition) is 7. The molecule has 3 N–H and O–H groups in total. The Hall–Kier alpha value is -3.41. The van der Waals surface area contributed by atoms with Crippen LogP contribution in [-0.2, 0) is 4.79 Å². The number of hydrogen-bond donors (Lipinski definition) is 2. The fourth-order valence-electron chi connectivity index (χ4n) is 3.63. The van der Waals surface area contributed by atoms with Crippen LogP contribution in [-0.4, -0.2) is 24.6 Å². The number of carbonyl (C=O) groups is 1. The molecule has 2 heterocycles. The van der Waals surface area contributed by atoms with Gasteiger partial charge in [-0.05, 0) is 38.5 Å². The number of quaternary nitrogens is 1. The zero-order valence-electron chi connectivity index (χ0n) is 16.7. The van der Waals surface area contributed by atoms with E-state index in [4.69, 9.17) is 9.47 Å². The second-order valence-corrected chi connectivity index (χ2v) is 6.62. The Morgan fingerprint density at radius 3 is 2.79 bits per heavy atom. The summed E-state index contributed by atoms with van der Waals surface area (Å²) in [6, 6.07) is 7.08. The van der Waals surface area contributed by atoms with Crippen LogP contribution in [0.5, 0.6) is 11.6 Å². The molecule has 1 aliphatic rings. The molecule has 0 saturated carbocycles. The molecule has 1 atom stereocenters. The van der Waals surface area contributed by atoms with Crippen molar-refractivity contribution in [1.29, 1.82) is 5.26 Å². The maximum atomic E-state index is 12.6. The fraction of sp³-hybridized carbons (Fsp3) is 0.286. The number of methoxy groups -OCH3 is 1. The number of carbonyl (C=O) groups excluding carboxylic acids is 1. The van der Waals surface area contributed by atoms with E-state index in [-0.39, 0.29) is 0 Å². The molecule has 0 fully saturated rings. The van der Waals surface area contributed by atoms with Gasteiger partial charge < -0.3 is 25.5 Å². The molecule has 150 valence electrons. The molecule has 0 unspecified atom stereocenters. The summed E-state index contributed by atoms with van der Waals surface area (Å²) in [5.41, 5.74) is 4.55. The number of aromatic nitrogens is 1. The number of nitrogens with two attached hydrogens (primary N) is 1. The number of anilines is 1. The molecule has 1 amide bonds. The Kier molecular flexibility index (Phi) is 5.82. The predicted molar refractivity (Wildman–Crippen MR) is 106 cm³/mol. The summed E-state index contributed by atoms with van der Waals surface area (Å²) < 4.78 is 11.3. The Morgan fingerprint density at radius 1 is 1.41 bits per heavy atom. The van der Waals surface area contributed by atoms with Gasteiger partial charge in [-0.1, -0.05) is 6.07 Å². The monoisotopic (exact) mass is 394 g/mol. The lowest BCUT2D eigenvalue weighted by Crippen LogP contribution is -2.82. The van der Waals surface area contributed by atoms with Gasteiger partial charge in [-0.15, -0.1) is 0 Å². The zero-order chi connectivity index (χ0) is 21.1. The quantitative estimate of drug-likeness (QED) is 0.744. The molecule has 0 saturated heterocycles. The van der Waals surface area contributed by atoms with E-state index in [2.05, 4.69) is 16.4 Å². The van der Waals surface area contributed by atoms with Gasteiger partial charge in [0.05, 0.1) is 48.1 Å². The van der Waals surface area contributed by atoms with Crippen molar-refractivity contribution in [3.05, 3.63) is 63.1 Å². The summed E-state index contributed by atoms with van der Waals surface area (Å²) in [5, 5.41) is 23.9. The second-order valence-electron chi connectivity index (χ2n) is 6.62. The number of nitrogens with one attached hydrogen (secondary N) is 1. The summed E-state index contributed by atoms with van der Waals surface area (Å²) in [6.07, 6.45) is 1.70. The van der Waals surface area contributed by atoms with Gasteiger partial charge in [0.2, 0.25) is 5.88 Å². The molecule has 0 spiro atoms. The van der Waals surface area contributed by atoms with E-state index in [1.807, 2.05) is 13.8 Å². The normalized spacial score (nSPS) is 15.2. The van der Waals surface area contributed by atoms with Crippen LogP contribution in [0.25, 0.3) is 0 Å². The Bertz CT molecular complexity index is 1040. The number of benzene rings is 1. The number of allylic oxidation sites excluding steroid dienone is 1. The van der Waals surface area contributed by atoms with E-state index in [9.17, 15) is 15.3 Å². The van der Waals surface area contributed by atoms with Crippen molar-refractivity contribution < 1.29 is 19.7 Å². The fourth-order valence-corrected chi connectivity index (χ4v) is 3.63. The molecule has 29 heavy (non-hydrogen) atoms. The summed E-state index contributed by atoms with van der Waals surface area (Å²) in [7, 11) is 1.50. The second kappa shape index (κ2) is 8.31. The van der Waals surface area contributed by atoms with Gasteiger partial charge in [-0.25, -0.2) is 9.78 Å². The highest BCUT2D eigenvalue weighted by Gasteiger charge is 2.38. The summed E-state index contributed by atoms with van der Waals surface area (Å²) in [4.78, 5) is 17.0. The van der Waals surface area contributed by atoms with Crippen molar-refractivity contribution >= 4 is 11.6 Å². The van der Waals surface area contributed by atoms with Crippen LogP contribution in [0, 0.1) is 23.5 Å². The van der Waals surface area contributed by atoms with Gasteiger partial charge in [-0.2, -0.15) is 5.26 Å². The van der Waals surface area contributed by atoms with E-state index in [1.54, 1.807) is 31.3 Å². The molecule has 2 aromatic rings. The molecule has 1 aromatic heterocycles. The standard InChI is InChI=1S/C21H22N4O4/c1-5-29-21-18-17(14-7-6-13(9-22)8-15(14)28-4)16(20(26)25-27)12(3)24-19(18)11(2)10-23-21/h6-8,10,17,24H,5,25H2,1-4H3/t17-/m0/s1. The Balaban J connectivity index is 2.37. The number of rotatable bonds is 5. The molecule has 8 heteroatoms. The maximum Gasteiger partial charge on any atom is 0.341 e. The molecule has 8 nitrogen and oxygen atoms in total. The van der Waals surface area contributed by atoms with Crippen LogP contribution in [0.4, 0.5) is 5.69 Å². The SMILES string of the molecule is CCOc1ncc(C)c2c1[C@@H](c1ccc(C#N)cc1OC)C(C(=O)[NH2+][O-])=C(C)N2. The third-order valence-corrected chi connectivity index (χ3v) is 4.89. The van der Waals surface area contributed by atoms with Crippen LogP contribution in [0.2, 0.25) is 0 Å². The number of nitriles is 1. The topological polar surface area (TPSA) is 124 Å². The number of hydroxylamine groups is 1. The minimum Gasteiger partial charge on any atom is -0.628 e. The van der Waals surface area contributed by atoms with Gasteiger partial charge in [0.15, 0.2) is 0 Å². The summed E-state index contributed by atoms with van der Waals surface area (Å²) >= 11 is 0. The first kappa shape index (κ1) is 20.3. The van der Waals surface area contributed by atoms with Gasteiger partial charge >= 0.3 is 5.91 Å².